The Balaban J connectivity index is 1.28. The highest BCUT2D eigenvalue weighted by atomic mass is 16.5. The number of hydrogen-bond acceptors (Lipinski definition) is 5. The van der Waals surface area contributed by atoms with Crippen LogP contribution in [0.4, 0.5) is 0 Å². The Kier molecular flexibility index (Phi) is 6.26. The molecule has 0 amide bonds. The smallest absolute Gasteiger partial charge is 0.348 e. The van der Waals surface area contributed by atoms with E-state index in [4.69, 9.17) is 9.84 Å². The normalized spacial score (nSPS) is 18.9. The number of piperidine rings is 1. The first-order valence-corrected chi connectivity index (χ1v) is 12.1. The second-order valence-corrected chi connectivity index (χ2v) is 9.34. The molecule has 2 fully saturated rings. The van der Waals surface area contributed by atoms with Gasteiger partial charge in [0.25, 0.3) is 0 Å². The first-order valence-electron chi connectivity index (χ1n) is 12.1. The van der Waals surface area contributed by atoms with Crippen LogP contribution in [0, 0.1) is 5.92 Å². The summed E-state index contributed by atoms with van der Waals surface area (Å²) in [6, 6.07) is 5.66. The molecule has 7 heteroatoms. The van der Waals surface area contributed by atoms with Crippen molar-refractivity contribution in [1.82, 2.24) is 24.6 Å². The highest BCUT2D eigenvalue weighted by molar-refractivity contribution is 5.94. The summed E-state index contributed by atoms with van der Waals surface area (Å²) in [7, 11) is 1.64. The van der Waals surface area contributed by atoms with Crippen LogP contribution in [0.1, 0.15) is 63.1 Å². The molecule has 0 atom stereocenters. The molecule has 0 bridgehead atoms. The van der Waals surface area contributed by atoms with Crippen LogP contribution in [0.3, 0.4) is 0 Å². The third-order valence-corrected chi connectivity index (χ3v) is 7.39. The first kappa shape index (κ1) is 21.2. The maximum absolute atomic E-state index is 12.8. The van der Waals surface area contributed by atoms with Gasteiger partial charge in [-0.1, -0.05) is 32.1 Å². The standard InChI is InChI=1S/C25H33N5O2/c1-32-23-8-7-22(20-9-13-26-17-21(20)23)30-25(31)27-24(28-30)19-11-15-29(16-12-19)14-10-18-5-3-2-4-6-18/h7-9,13,17-19H,2-6,10-12,14-16H2,1H3,(H,27,28,31). The van der Waals surface area contributed by atoms with Gasteiger partial charge in [-0.3, -0.25) is 9.97 Å². The molecule has 1 saturated heterocycles. The Morgan fingerprint density at radius 1 is 1.06 bits per heavy atom. The zero-order chi connectivity index (χ0) is 21.9. The van der Waals surface area contributed by atoms with Crippen molar-refractivity contribution in [3.05, 3.63) is 46.9 Å². The molecular weight excluding hydrogens is 402 g/mol. The van der Waals surface area contributed by atoms with E-state index in [9.17, 15) is 4.79 Å². The molecule has 2 aliphatic rings. The van der Waals surface area contributed by atoms with E-state index in [1.807, 2.05) is 18.2 Å². The monoisotopic (exact) mass is 435 g/mol. The molecule has 0 radical (unpaired) electrons. The zero-order valence-electron chi connectivity index (χ0n) is 18.9. The third kappa shape index (κ3) is 4.31. The molecule has 1 aliphatic carbocycles. The minimum absolute atomic E-state index is 0.192. The molecule has 2 aromatic heterocycles. The number of nitrogens with zero attached hydrogens (tertiary/aromatic N) is 4. The number of nitrogens with one attached hydrogen (secondary N) is 1. The predicted octanol–water partition coefficient (Wildman–Crippen LogP) is 4.27. The van der Waals surface area contributed by atoms with Crippen molar-refractivity contribution in [2.45, 2.75) is 57.3 Å². The molecule has 1 aromatic carbocycles. The van der Waals surface area contributed by atoms with Crippen molar-refractivity contribution in [3.63, 3.8) is 0 Å². The number of pyridine rings is 1. The lowest BCUT2D eigenvalue weighted by molar-refractivity contribution is 0.187. The van der Waals surface area contributed by atoms with Crippen molar-refractivity contribution in [3.8, 4) is 11.4 Å². The van der Waals surface area contributed by atoms with Gasteiger partial charge in [0.1, 0.15) is 11.6 Å². The summed E-state index contributed by atoms with van der Waals surface area (Å²) in [5, 5.41) is 6.49. The van der Waals surface area contributed by atoms with Gasteiger partial charge in [-0.2, -0.15) is 4.68 Å². The second kappa shape index (κ2) is 9.45. The molecule has 0 spiro atoms. The summed E-state index contributed by atoms with van der Waals surface area (Å²) in [5.74, 6) is 2.78. The number of hydrogen-bond donors (Lipinski definition) is 1. The Hall–Kier alpha value is -2.67. The van der Waals surface area contributed by atoms with Crippen molar-refractivity contribution >= 4 is 10.8 Å². The van der Waals surface area contributed by atoms with Gasteiger partial charge in [-0.25, -0.2) is 4.79 Å². The number of ether oxygens (including phenoxy) is 1. The zero-order valence-corrected chi connectivity index (χ0v) is 18.9. The first-order chi connectivity index (χ1) is 15.7. The van der Waals surface area contributed by atoms with E-state index in [0.717, 1.165) is 59.9 Å². The Morgan fingerprint density at radius 3 is 2.66 bits per heavy atom. The average molecular weight is 436 g/mol. The van der Waals surface area contributed by atoms with E-state index in [2.05, 4.69) is 14.9 Å². The summed E-state index contributed by atoms with van der Waals surface area (Å²) < 4.78 is 6.95. The topological polar surface area (TPSA) is 76.0 Å². The fourth-order valence-corrected chi connectivity index (χ4v) is 5.47. The number of aromatic nitrogens is 4. The predicted molar refractivity (Wildman–Crippen MR) is 126 cm³/mol. The van der Waals surface area contributed by atoms with Crippen molar-refractivity contribution in [2.24, 2.45) is 5.92 Å². The van der Waals surface area contributed by atoms with Crippen LogP contribution in [0.5, 0.6) is 5.75 Å². The number of benzene rings is 1. The number of aromatic amines is 1. The van der Waals surface area contributed by atoms with Crippen LogP contribution in [-0.4, -0.2) is 51.4 Å². The molecule has 7 nitrogen and oxygen atoms in total. The highest BCUT2D eigenvalue weighted by Gasteiger charge is 2.25. The Labute approximate surface area is 188 Å². The van der Waals surface area contributed by atoms with E-state index < -0.39 is 0 Å². The molecule has 1 aliphatic heterocycles. The molecule has 3 aromatic rings. The summed E-state index contributed by atoms with van der Waals surface area (Å²) in [6.07, 6.45) is 14.0. The van der Waals surface area contributed by atoms with E-state index in [0.29, 0.717) is 5.92 Å². The average Bonchev–Trinajstić information content (AvgIpc) is 3.24. The molecule has 32 heavy (non-hydrogen) atoms. The number of likely N-dealkylation sites (tertiary alicyclic amines) is 1. The van der Waals surface area contributed by atoms with Gasteiger partial charge in [0, 0.05) is 29.1 Å². The van der Waals surface area contributed by atoms with Crippen molar-refractivity contribution in [1.29, 1.82) is 0 Å². The lowest BCUT2D eigenvalue weighted by Gasteiger charge is -2.32. The highest BCUT2D eigenvalue weighted by Crippen LogP contribution is 2.31. The number of H-pyrrole nitrogens is 1. The summed E-state index contributed by atoms with van der Waals surface area (Å²) in [5.41, 5.74) is 0.559. The van der Waals surface area contributed by atoms with Crippen molar-refractivity contribution in [2.75, 3.05) is 26.7 Å². The molecule has 0 unspecified atom stereocenters. The lowest BCUT2D eigenvalue weighted by Crippen LogP contribution is -2.35. The van der Waals surface area contributed by atoms with Gasteiger partial charge in [-0.05, 0) is 63.0 Å². The summed E-state index contributed by atoms with van der Waals surface area (Å²) in [4.78, 5) is 22.7. The van der Waals surface area contributed by atoms with E-state index >= 15 is 0 Å². The van der Waals surface area contributed by atoms with Crippen LogP contribution in [0.25, 0.3) is 16.5 Å². The van der Waals surface area contributed by atoms with Gasteiger partial charge in [0.2, 0.25) is 0 Å². The minimum atomic E-state index is -0.192. The maximum atomic E-state index is 12.8. The molecule has 5 rings (SSSR count). The van der Waals surface area contributed by atoms with Gasteiger partial charge in [-0.15, -0.1) is 5.10 Å². The summed E-state index contributed by atoms with van der Waals surface area (Å²) >= 11 is 0. The van der Waals surface area contributed by atoms with Crippen LogP contribution < -0.4 is 10.4 Å². The number of fused-ring (bicyclic) bond motifs is 1. The maximum Gasteiger partial charge on any atom is 0.348 e. The fourth-order valence-electron chi connectivity index (χ4n) is 5.47. The van der Waals surface area contributed by atoms with Crippen LogP contribution >= 0.6 is 0 Å². The van der Waals surface area contributed by atoms with Gasteiger partial charge in [0.15, 0.2) is 0 Å². The molecule has 1 saturated carbocycles. The molecule has 3 heterocycles. The number of methoxy groups -OCH3 is 1. The van der Waals surface area contributed by atoms with E-state index in [-0.39, 0.29) is 5.69 Å². The molecular formula is C25H33N5O2. The Morgan fingerprint density at radius 2 is 1.88 bits per heavy atom. The molecule has 170 valence electrons. The van der Waals surface area contributed by atoms with Crippen LogP contribution in [0.15, 0.2) is 35.4 Å². The fraction of sp³-hybridized carbons (Fsp3) is 0.560. The van der Waals surface area contributed by atoms with E-state index in [1.165, 1.54) is 49.8 Å². The van der Waals surface area contributed by atoms with Gasteiger partial charge < -0.3 is 9.64 Å². The van der Waals surface area contributed by atoms with Crippen LogP contribution in [-0.2, 0) is 0 Å². The lowest BCUT2D eigenvalue weighted by atomic mass is 9.86. The van der Waals surface area contributed by atoms with Crippen molar-refractivity contribution < 1.29 is 4.74 Å². The Bertz CT molecular complexity index is 1110. The van der Waals surface area contributed by atoms with Gasteiger partial charge in [0.05, 0.1) is 12.8 Å². The quantitative estimate of drug-likeness (QED) is 0.626. The van der Waals surface area contributed by atoms with E-state index in [1.54, 1.807) is 19.5 Å². The van der Waals surface area contributed by atoms with Crippen LogP contribution in [0.2, 0.25) is 0 Å². The largest absolute Gasteiger partial charge is 0.496 e. The summed E-state index contributed by atoms with van der Waals surface area (Å²) in [6.45, 7) is 3.39. The minimum Gasteiger partial charge on any atom is -0.496 e. The SMILES string of the molecule is COc1ccc(-n2nc(C3CCN(CCC4CCCCC4)CC3)[nH]c2=O)c2ccncc12. The third-order valence-electron chi connectivity index (χ3n) is 7.39. The number of rotatable bonds is 6. The van der Waals surface area contributed by atoms with Gasteiger partial charge >= 0.3 is 5.69 Å². The second-order valence-electron chi connectivity index (χ2n) is 9.34. The molecule has 1 N–H and O–H groups in total.